The molecule has 176 valence electrons. The molecular formula is C24H21F3N4O3. The summed E-state index contributed by atoms with van der Waals surface area (Å²) in [4.78, 5) is 28.2. The van der Waals surface area contributed by atoms with Crippen LogP contribution in [0.5, 0.6) is 11.5 Å². The first-order valence-electron chi connectivity index (χ1n) is 10.4. The number of carbonyl (C=O) groups excluding carboxylic acids is 2. The molecule has 0 unspecified atom stereocenters. The number of urea groups is 1. The van der Waals surface area contributed by atoms with Crippen molar-refractivity contribution in [1.82, 2.24) is 15.6 Å². The molecule has 0 bridgehead atoms. The quantitative estimate of drug-likeness (QED) is 0.469. The molecule has 0 atom stereocenters. The summed E-state index contributed by atoms with van der Waals surface area (Å²) >= 11 is 0. The summed E-state index contributed by atoms with van der Waals surface area (Å²) in [5, 5.41) is 7.60. The number of anilines is 1. The van der Waals surface area contributed by atoms with Crippen LogP contribution in [0.4, 0.5) is 23.7 Å². The molecule has 1 aromatic heterocycles. The van der Waals surface area contributed by atoms with E-state index in [1.54, 1.807) is 30.3 Å². The van der Waals surface area contributed by atoms with Gasteiger partial charge in [0.2, 0.25) is 0 Å². The van der Waals surface area contributed by atoms with E-state index in [1.165, 1.54) is 37.5 Å². The van der Waals surface area contributed by atoms with Gasteiger partial charge in [0.05, 0.1) is 16.8 Å². The third-order valence-corrected chi connectivity index (χ3v) is 5.42. The second-order valence-electron chi connectivity index (χ2n) is 7.79. The second-order valence-corrected chi connectivity index (χ2v) is 7.79. The summed E-state index contributed by atoms with van der Waals surface area (Å²) in [6.45, 7) is 0. The number of alkyl halides is 3. The summed E-state index contributed by atoms with van der Waals surface area (Å²) in [5.74, 6) is 0.610. The SMILES string of the molecule is CNC(=O)c1cc(Oc2ccc(C3(NC(=O)Nc4ccccc4C(F)(F)F)CC3)cc2)ccn1. The summed E-state index contributed by atoms with van der Waals surface area (Å²) in [6, 6.07) is 14.2. The lowest BCUT2D eigenvalue weighted by atomic mass is 10.0. The Hall–Kier alpha value is -4.08. The molecule has 0 saturated heterocycles. The minimum atomic E-state index is -4.58. The third-order valence-electron chi connectivity index (χ3n) is 5.42. The van der Waals surface area contributed by atoms with E-state index >= 15 is 0 Å². The van der Waals surface area contributed by atoms with E-state index in [0.717, 1.165) is 11.6 Å². The van der Waals surface area contributed by atoms with Crippen LogP contribution >= 0.6 is 0 Å². The highest BCUT2D eigenvalue weighted by molar-refractivity contribution is 5.92. The van der Waals surface area contributed by atoms with Crippen LogP contribution in [-0.4, -0.2) is 24.0 Å². The molecule has 3 N–H and O–H groups in total. The van der Waals surface area contributed by atoms with E-state index in [-0.39, 0.29) is 17.3 Å². The fraction of sp³-hybridized carbons (Fsp3) is 0.208. The number of hydrogen-bond acceptors (Lipinski definition) is 4. The van der Waals surface area contributed by atoms with Crippen molar-refractivity contribution in [3.8, 4) is 11.5 Å². The molecule has 10 heteroatoms. The zero-order valence-corrected chi connectivity index (χ0v) is 18.1. The van der Waals surface area contributed by atoms with Crippen LogP contribution in [0.2, 0.25) is 0 Å². The Bertz CT molecular complexity index is 1210. The molecule has 0 spiro atoms. The second kappa shape index (κ2) is 9.05. The van der Waals surface area contributed by atoms with Crippen molar-refractivity contribution in [3.63, 3.8) is 0 Å². The molecule has 3 aromatic rings. The highest BCUT2D eigenvalue weighted by atomic mass is 19.4. The molecule has 1 aliphatic rings. The number of nitrogens with one attached hydrogen (secondary N) is 3. The first-order chi connectivity index (χ1) is 16.2. The lowest BCUT2D eigenvalue weighted by molar-refractivity contribution is -0.136. The molecule has 3 amide bonds. The van der Waals surface area contributed by atoms with Crippen LogP contribution in [0, 0.1) is 0 Å². The molecular weight excluding hydrogens is 449 g/mol. The van der Waals surface area contributed by atoms with Gasteiger partial charge in [-0.3, -0.25) is 9.78 Å². The van der Waals surface area contributed by atoms with E-state index in [4.69, 9.17) is 4.74 Å². The van der Waals surface area contributed by atoms with Crippen molar-refractivity contribution in [2.24, 2.45) is 0 Å². The van der Waals surface area contributed by atoms with Gasteiger partial charge in [0.15, 0.2) is 0 Å². The molecule has 1 fully saturated rings. The Balaban J connectivity index is 1.42. The standard InChI is InChI=1S/C24H21F3N4O3/c1-28-21(32)20-14-17(10-13-29-20)34-16-8-6-15(7-9-16)23(11-12-23)31-22(33)30-19-5-3-2-4-18(19)24(25,26)27/h2-10,13-14H,11-12H2,1H3,(H,28,32)(H2,30,31,33). The Morgan fingerprint density at radius 3 is 2.35 bits per heavy atom. The van der Waals surface area contributed by atoms with E-state index in [0.29, 0.717) is 24.3 Å². The van der Waals surface area contributed by atoms with Gasteiger partial charge in [0, 0.05) is 19.3 Å². The molecule has 0 radical (unpaired) electrons. The summed E-state index contributed by atoms with van der Waals surface area (Å²) in [6.07, 6.45) is -1.80. The largest absolute Gasteiger partial charge is 0.457 e. The van der Waals surface area contributed by atoms with Crippen molar-refractivity contribution in [3.05, 3.63) is 83.7 Å². The lowest BCUT2D eigenvalue weighted by Gasteiger charge is -2.20. The molecule has 1 heterocycles. The van der Waals surface area contributed by atoms with Gasteiger partial charge in [0.25, 0.3) is 5.91 Å². The van der Waals surface area contributed by atoms with Crippen LogP contribution in [0.15, 0.2) is 66.9 Å². The first kappa shape index (κ1) is 23.1. The number of nitrogens with zero attached hydrogens (tertiary/aromatic N) is 1. The number of halogens is 3. The van der Waals surface area contributed by atoms with Gasteiger partial charge in [-0.2, -0.15) is 13.2 Å². The Kier molecular flexibility index (Phi) is 6.14. The van der Waals surface area contributed by atoms with E-state index < -0.39 is 23.3 Å². The van der Waals surface area contributed by atoms with Crippen molar-refractivity contribution >= 4 is 17.6 Å². The molecule has 4 rings (SSSR count). The number of ether oxygens (including phenoxy) is 1. The van der Waals surface area contributed by atoms with Gasteiger partial charge in [-0.1, -0.05) is 24.3 Å². The highest BCUT2D eigenvalue weighted by Gasteiger charge is 2.46. The predicted octanol–water partition coefficient (Wildman–Crippen LogP) is 5.06. The van der Waals surface area contributed by atoms with E-state index in [1.807, 2.05) is 0 Å². The molecule has 0 aliphatic heterocycles. The topological polar surface area (TPSA) is 92.4 Å². The number of amides is 3. The molecule has 2 aromatic carbocycles. The van der Waals surface area contributed by atoms with Crippen molar-refractivity contribution in [1.29, 1.82) is 0 Å². The number of carbonyl (C=O) groups is 2. The maximum atomic E-state index is 13.2. The fourth-order valence-electron chi connectivity index (χ4n) is 3.53. The number of pyridine rings is 1. The molecule has 7 nitrogen and oxygen atoms in total. The van der Waals surface area contributed by atoms with Crippen molar-refractivity contribution in [2.45, 2.75) is 24.6 Å². The zero-order valence-electron chi connectivity index (χ0n) is 18.1. The fourth-order valence-corrected chi connectivity index (χ4v) is 3.53. The van der Waals surface area contributed by atoms with Crippen molar-refractivity contribution < 1.29 is 27.5 Å². The minimum Gasteiger partial charge on any atom is -0.457 e. The molecule has 1 saturated carbocycles. The number of aromatic nitrogens is 1. The van der Waals surface area contributed by atoms with Crippen LogP contribution in [0.3, 0.4) is 0 Å². The van der Waals surface area contributed by atoms with Crippen molar-refractivity contribution in [2.75, 3.05) is 12.4 Å². The monoisotopic (exact) mass is 470 g/mol. The predicted molar refractivity (Wildman–Crippen MR) is 119 cm³/mol. The van der Waals surface area contributed by atoms with Crippen LogP contribution in [-0.2, 0) is 11.7 Å². The summed E-state index contributed by atoms with van der Waals surface area (Å²) in [7, 11) is 1.51. The average molecular weight is 470 g/mol. The summed E-state index contributed by atoms with van der Waals surface area (Å²) < 4.78 is 45.3. The van der Waals surface area contributed by atoms with Gasteiger partial charge in [-0.15, -0.1) is 0 Å². The maximum absolute atomic E-state index is 13.2. The third kappa shape index (κ3) is 5.11. The Morgan fingerprint density at radius 1 is 1.00 bits per heavy atom. The number of rotatable bonds is 6. The summed E-state index contributed by atoms with van der Waals surface area (Å²) in [5.41, 5.74) is -0.845. The number of benzene rings is 2. The lowest BCUT2D eigenvalue weighted by Crippen LogP contribution is -2.38. The van der Waals surface area contributed by atoms with Gasteiger partial charge in [-0.05, 0) is 48.7 Å². The number of para-hydroxylation sites is 1. The molecule has 1 aliphatic carbocycles. The number of hydrogen-bond donors (Lipinski definition) is 3. The van der Waals surface area contributed by atoms with E-state index in [2.05, 4.69) is 20.9 Å². The van der Waals surface area contributed by atoms with Gasteiger partial charge in [-0.25, -0.2) is 4.79 Å². The zero-order chi connectivity index (χ0) is 24.3. The highest BCUT2D eigenvalue weighted by Crippen LogP contribution is 2.46. The van der Waals surface area contributed by atoms with Crippen LogP contribution in [0.25, 0.3) is 0 Å². The Labute approximate surface area is 193 Å². The van der Waals surface area contributed by atoms with E-state index in [9.17, 15) is 22.8 Å². The Morgan fingerprint density at radius 2 is 1.71 bits per heavy atom. The smallest absolute Gasteiger partial charge is 0.418 e. The molecule has 34 heavy (non-hydrogen) atoms. The minimum absolute atomic E-state index is 0.218. The first-order valence-corrected chi connectivity index (χ1v) is 10.4. The normalized spacial score (nSPS) is 14.1. The van der Waals surface area contributed by atoms with Gasteiger partial charge < -0.3 is 20.7 Å². The average Bonchev–Trinajstić information content (AvgIpc) is 3.59. The van der Waals surface area contributed by atoms with Crippen LogP contribution < -0.4 is 20.7 Å². The van der Waals surface area contributed by atoms with Gasteiger partial charge in [0.1, 0.15) is 17.2 Å². The van der Waals surface area contributed by atoms with Gasteiger partial charge >= 0.3 is 12.2 Å². The van der Waals surface area contributed by atoms with Crippen LogP contribution in [0.1, 0.15) is 34.5 Å². The maximum Gasteiger partial charge on any atom is 0.418 e.